The van der Waals surface area contributed by atoms with Gasteiger partial charge in [0, 0.05) is 13.1 Å². The number of nitrogens with one attached hydrogen (secondary N) is 1. The minimum Gasteiger partial charge on any atom is -0.371 e. The third-order valence-corrected chi connectivity index (χ3v) is 4.47. The van der Waals surface area contributed by atoms with Gasteiger partial charge in [0.05, 0.1) is 11.7 Å². The van der Waals surface area contributed by atoms with Gasteiger partial charge >= 0.3 is 0 Å². The Morgan fingerprint density at radius 1 is 1.26 bits per heavy atom. The molecule has 0 aliphatic carbocycles. The monoisotopic (exact) mass is 268 g/mol. The van der Waals surface area contributed by atoms with Gasteiger partial charge in [-0.3, -0.25) is 0 Å². The third kappa shape index (κ3) is 5.05. The van der Waals surface area contributed by atoms with Crippen LogP contribution in [-0.4, -0.2) is 49.3 Å². The van der Waals surface area contributed by atoms with Crippen LogP contribution in [0.1, 0.15) is 52.9 Å². The van der Waals surface area contributed by atoms with Crippen molar-refractivity contribution < 1.29 is 4.74 Å². The molecule has 0 aromatic heterocycles. The first-order chi connectivity index (χ1) is 9.09. The predicted molar refractivity (Wildman–Crippen MR) is 80.5 cm³/mol. The first-order valence-corrected chi connectivity index (χ1v) is 8.20. The van der Waals surface area contributed by atoms with E-state index in [9.17, 15) is 0 Å². The predicted octanol–water partition coefficient (Wildman–Crippen LogP) is 2.66. The van der Waals surface area contributed by atoms with Crippen molar-refractivity contribution in [1.29, 1.82) is 0 Å². The van der Waals surface area contributed by atoms with E-state index < -0.39 is 0 Å². The average Bonchev–Trinajstić information content (AvgIpc) is 2.70. The van der Waals surface area contributed by atoms with E-state index in [-0.39, 0.29) is 5.60 Å². The maximum absolute atomic E-state index is 6.16. The van der Waals surface area contributed by atoms with Crippen molar-refractivity contribution in [2.45, 2.75) is 64.6 Å². The average molecular weight is 268 g/mol. The molecule has 2 saturated heterocycles. The van der Waals surface area contributed by atoms with Gasteiger partial charge in [-0.25, -0.2) is 0 Å². The molecule has 0 bridgehead atoms. The van der Waals surface area contributed by atoms with E-state index in [1.807, 2.05) is 0 Å². The number of piperidine rings is 1. The van der Waals surface area contributed by atoms with Crippen LogP contribution in [-0.2, 0) is 4.74 Å². The lowest BCUT2D eigenvalue weighted by Gasteiger charge is -2.32. The molecule has 2 rings (SSSR count). The lowest BCUT2D eigenvalue weighted by Crippen LogP contribution is -2.41. The zero-order chi connectivity index (χ0) is 13.7. The van der Waals surface area contributed by atoms with Crippen molar-refractivity contribution in [3.8, 4) is 0 Å². The van der Waals surface area contributed by atoms with Crippen molar-refractivity contribution >= 4 is 0 Å². The van der Waals surface area contributed by atoms with Crippen molar-refractivity contribution in [2.24, 2.45) is 5.92 Å². The number of hydrogen-bond donors (Lipinski definition) is 1. The Bertz CT molecular complexity index is 261. The van der Waals surface area contributed by atoms with Gasteiger partial charge in [-0.2, -0.15) is 0 Å². The topological polar surface area (TPSA) is 24.5 Å². The molecular weight excluding hydrogens is 236 g/mol. The van der Waals surface area contributed by atoms with Crippen LogP contribution in [0.25, 0.3) is 0 Å². The second-order valence-electron chi connectivity index (χ2n) is 7.01. The van der Waals surface area contributed by atoms with Crippen LogP contribution in [0.5, 0.6) is 0 Å². The highest BCUT2D eigenvalue weighted by molar-refractivity contribution is 4.83. The molecule has 2 aliphatic rings. The van der Waals surface area contributed by atoms with Crippen LogP contribution in [0.2, 0.25) is 0 Å². The van der Waals surface area contributed by atoms with E-state index in [2.05, 4.69) is 31.0 Å². The molecule has 2 unspecified atom stereocenters. The van der Waals surface area contributed by atoms with Crippen LogP contribution in [0.4, 0.5) is 0 Å². The first kappa shape index (κ1) is 15.3. The number of ether oxygens (including phenoxy) is 1. The molecule has 3 heteroatoms. The van der Waals surface area contributed by atoms with Gasteiger partial charge in [0.15, 0.2) is 0 Å². The second-order valence-corrected chi connectivity index (χ2v) is 7.01. The fourth-order valence-electron chi connectivity index (χ4n) is 3.51. The van der Waals surface area contributed by atoms with E-state index in [0.717, 1.165) is 12.5 Å². The Balaban J connectivity index is 1.78. The highest BCUT2D eigenvalue weighted by Crippen LogP contribution is 2.30. The first-order valence-electron chi connectivity index (χ1n) is 8.20. The molecule has 3 nitrogen and oxygen atoms in total. The smallest absolute Gasteiger partial charge is 0.0710 e. The van der Waals surface area contributed by atoms with E-state index in [0.29, 0.717) is 6.10 Å². The van der Waals surface area contributed by atoms with E-state index in [4.69, 9.17) is 4.74 Å². The van der Waals surface area contributed by atoms with Gasteiger partial charge in [0.2, 0.25) is 0 Å². The van der Waals surface area contributed by atoms with Crippen LogP contribution < -0.4 is 5.32 Å². The minimum atomic E-state index is 0.106. The Morgan fingerprint density at radius 3 is 2.68 bits per heavy atom. The van der Waals surface area contributed by atoms with Gasteiger partial charge in [-0.15, -0.1) is 0 Å². The maximum atomic E-state index is 6.16. The van der Waals surface area contributed by atoms with Gasteiger partial charge in [0.25, 0.3) is 0 Å². The van der Waals surface area contributed by atoms with Crippen LogP contribution in [0.15, 0.2) is 0 Å². The van der Waals surface area contributed by atoms with E-state index >= 15 is 0 Å². The summed E-state index contributed by atoms with van der Waals surface area (Å²) in [6.07, 6.45) is 6.88. The molecule has 2 fully saturated rings. The number of hydrogen-bond acceptors (Lipinski definition) is 3. The van der Waals surface area contributed by atoms with Crippen molar-refractivity contribution in [3.63, 3.8) is 0 Å². The van der Waals surface area contributed by atoms with Crippen molar-refractivity contribution in [2.75, 3.05) is 32.7 Å². The summed E-state index contributed by atoms with van der Waals surface area (Å²) in [7, 11) is 0. The molecular formula is C16H32N2O. The zero-order valence-electron chi connectivity index (χ0n) is 13.1. The second kappa shape index (κ2) is 7.05. The molecule has 0 aromatic rings. The maximum Gasteiger partial charge on any atom is 0.0710 e. The minimum absolute atomic E-state index is 0.106. The van der Waals surface area contributed by atoms with E-state index in [1.54, 1.807) is 0 Å². The normalized spacial score (nSPS) is 30.9. The zero-order valence-corrected chi connectivity index (χ0v) is 13.1. The highest BCUT2D eigenvalue weighted by Gasteiger charge is 2.32. The third-order valence-electron chi connectivity index (χ3n) is 4.47. The highest BCUT2D eigenvalue weighted by atomic mass is 16.5. The molecule has 0 amide bonds. The summed E-state index contributed by atoms with van der Waals surface area (Å²) < 4.78 is 6.16. The lowest BCUT2D eigenvalue weighted by molar-refractivity contribution is -0.0304. The summed E-state index contributed by atoms with van der Waals surface area (Å²) in [6.45, 7) is 12.8. The molecule has 0 radical (unpaired) electrons. The summed E-state index contributed by atoms with van der Waals surface area (Å²) in [4.78, 5) is 2.64. The van der Waals surface area contributed by atoms with Crippen molar-refractivity contribution in [1.82, 2.24) is 10.2 Å². The number of rotatable bonds is 6. The summed E-state index contributed by atoms with van der Waals surface area (Å²) in [5.74, 6) is 0.842. The van der Waals surface area contributed by atoms with Gasteiger partial charge in [0.1, 0.15) is 0 Å². The van der Waals surface area contributed by atoms with Crippen LogP contribution in [0.3, 0.4) is 0 Å². The molecule has 112 valence electrons. The summed E-state index contributed by atoms with van der Waals surface area (Å²) in [6, 6.07) is 0. The fraction of sp³-hybridized carbons (Fsp3) is 1.00. The van der Waals surface area contributed by atoms with Crippen molar-refractivity contribution in [3.05, 3.63) is 0 Å². The molecule has 19 heavy (non-hydrogen) atoms. The standard InChI is InChI=1S/C16H32N2O/c1-4-10-18(12-14-6-5-9-17-11-14)13-15-7-8-16(2,3)19-15/h14-15,17H,4-13H2,1-3H3. The summed E-state index contributed by atoms with van der Waals surface area (Å²) >= 11 is 0. The Labute approximate surface area is 119 Å². The van der Waals surface area contributed by atoms with Gasteiger partial charge in [-0.1, -0.05) is 6.92 Å². The quantitative estimate of drug-likeness (QED) is 0.801. The summed E-state index contributed by atoms with van der Waals surface area (Å²) in [5, 5.41) is 3.53. The lowest BCUT2D eigenvalue weighted by atomic mass is 9.98. The largest absolute Gasteiger partial charge is 0.371 e. The molecule has 2 heterocycles. The Morgan fingerprint density at radius 2 is 2.11 bits per heavy atom. The fourth-order valence-corrected chi connectivity index (χ4v) is 3.51. The van der Waals surface area contributed by atoms with Gasteiger partial charge < -0.3 is 15.0 Å². The van der Waals surface area contributed by atoms with Crippen LogP contribution in [0, 0.1) is 5.92 Å². The van der Waals surface area contributed by atoms with Gasteiger partial charge in [-0.05, 0) is 71.5 Å². The molecule has 0 saturated carbocycles. The molecule has 2 atom stereocenters. The summed E-state index contributed by atoms with van der Waals surface area (Å²) in [5.41, 5.74) is 0.106. The molecule has 0 spiro atoms. The Hall–Kier alpha value is -0.120. The number of nitrogens with zero attached hydrogens (tertiary/aromatic N) is 1. The van der Waals surface area contributed by atoms with E-state index in [1.165, 1.54) is 58.3 Å². The Kier molecular flexibility index (Phi) is 5.67. The van der Waals surface area contributed by atoms with Crippen LogP contribution >= 0.6 is 0 Å². The molecule has 0 aromatic carbocycles. The SMILES string of the molecule is CCCN(CC1CCCNC1)CC1CCC(C)(C)O1. The molecule has 1 N–H and O–H groups in total. The molecule has 2 aliphatic heterocycles.